The Bertz CT molecular complexity index is 1040. The fraction of sp³-hybridized carbons (Fsp3) is 0.310. The molecule has 2 amide bonds. The van der Waals surface area contributed by atoms with E-state index in [1.807, 2.05) is 92.7 Å². The third-order valence-corrected chi connectivity index (χ3v) is 5.60. The molecule has 0 radical (unpaired) electrons. The summed E-state index contributed by atoms with van der Waals surface area (Å²) in [6.45, 7) is 5.27. The van der Waals surface area contributed by atoms with Gasteiger partial charge in [0.25, 0.3) is 0 Å². The first-order valence-corrected chi connectivity index (χ1v) is 11.9. The molecule has 0 saturated heterocycles. The van der Waals surface area contributed by atoms with Gasteiger partial charge in [0, 0.05) is 25.9 Å². The number of amides is 2. The predicted octanol–water partition coefficient (Wildman–Crippen LogP) is 4.93. The molecule has 0 spiro atoms. The summed E-state index contributed by atoms with van der Waals surface area (Å²) in [6.07, 6.45) is 1.35. The van der Waals surface area contributed by atoms with Crippen molar-refractivity contribution in [3.8, 4) is 5.75 Å². The molecule has 0 aliphatic heterocycles. The molecule has 5 heteroatoms. The maximum Gasteiger partial charge on any atom is 0.243 e. The second-order valence-electron chi connectivity index (χ2n) is 8.38. The zero-order valence-electron chi connectivity index (χ0n) is 20.1. The average molecular weight is 459 g/mol. The standard InChI is InChI=1S/C29H34N2O3/c1-3-30-29(33)27(21-24-13-6-4-7-14-24)31(22-25-15-10-12-23(2)20-25)28(32)18-11-19-34-26-16-8-5-9-17-26/h4-10,12-17,20,27H,3,11,18-19,21-22H2,1-2H3,(H,30,33)/t27-/m0/s1. The lowest BCUT2D eigenvalue weighted by molar-refractivity contribution is -0.141. The summed E-state index contributed by atoms with van der Waals surface area (Å²) >= 11 is 0. The Balaban J connectivity index is 1.77. The van der Waals surface area contributed by atoms with Gasteiger partial charge in [-0.25, -0.2) is 0 Å². The lowest BCUT2D eigenvalue weighted by atomic mass is 10.0. The predicted molar refractivity (Wildman–Crippen MR) is 136 cm³/mol. The summed E-state index contributed by atoms with van der Waals surface area (Å²) in [5.74, 6) is 0.606. The molecule has 1 N–H and O–H groups in total. The lowest BCUT2D eigenvalue weighted by Gasteiger charge is -2.31. The van der Waals surface area contributed by atoms with Gasteiger partial charge in [-0.05, 0) is 43.5 Å². The fourth-order valence-corrected chi connectivity index (χ4v) is 3.93. The molecule has 1 atom stereocenters. The number of hydrogen-bond acceptors (Lipinski definition) is 3. The van der Waals surface area contributed by atoms with Crippen LogP contribution in [0.2, 0.25) is 0 Å². The van der Waals surface area contributed by atoms with E-state index in [9.17, 15) is 9.59 Å². The summed E-state index contributed by atoms with van der Waals surface area (Å²) < 4.78 is 5.76. The van der Waals surface area contributed by atoms with Crippen LogP contribution in [0.15, 0.2) is 84.9 Å². The number of nitrogens with one attached hydrogen (secondary N) is 1. The molecule has 0 aromatic heterocycles. The smallest absolute Gasteiger partial charge is 0.243 e. The molecular weight excluding hydrogens is 424 g/mol. The minimum absolute atomic E-state index is 0.0506. The highest BCUT2D eigenvalue weighted by Crippen LogP contribution is 2.17. The number of benzene rings is 3. The van der Waals surface area contributed by atoms with Crippen LogP contribution in [-0.2, 0) is 22.6 Å². The molecule has 0 bridgehead atoms. The van der Waals surface area contributed by atoms with Crippen LogP contribution in [0.25, 0.3) is 0 Å². The highest BCUT2D eigenvalue weighted by atomic mass is 16.5. The van der Waals surface area contributed by atoms with E-state index in [1.165, 1.54) is 0 Å². The molecule has 3 aromatic carbocycles. The Kier molecular flexibility index (Phi) is 9.71. The second-order valence-corrected chi connectivity index (χ2v) is 8.38. The van der Waals surface area contributed by atoms with Crippen molar-refractivity contribution in [3.63, 3.8) is 0 Å². The largest absolute Gasteiger partial charge is 0.494 e. The molecule has 0 aliphatic rings. The van der Waals surface area contributed by atoms with Crippen molar-refractivity contribution in [2.45, 2.75) is 45.7 Å². The third-order valence-electron chi connectivity index (χ3n) is 5.60. The van der Waals surface area contributed by atoms with E-state index in [1.54, 1.807) is 4.90 Å². The molecule has 0 heterocycles. The SMILES string of the molecule is CCNC(=O)[C@H](Cc1ccccc1)N(Cc1cccc(C)c1)C(=O)CCCOc1ccccc1. The lowest BCUT2D eigenvalue weighted by Crippen LogP contribution is -2.50. The van der Waals surface area contributed by atoms with Crippen molar-refractivity contribution < 1.29 is 14.3 Å². The van der Waals surface area contributed by atoms with Crippen LogP contribution in [0, 0.1) is 6.92 Å². The normalized spacial score (nSPS) is 11.5. The van der Waals surface area contributed by atoms with Crippen molar-refractivity contribution in [2.75, 3.05) is 13.2 Å². The highest BCUT2D eigenvalue weighted by molar-refractivity contribution is 5.88. The number of aryl methyl sites for hydroxylation is 1. The first-order valence-electron chi connectivity index (χ1n) is 11.9. The fourth-order valence-electron chi connectivity index (χ4n) is 3.93. The van der Waals surface area contributed by atoms with E-state index < -0.39 is 6.04 Å². The zero-order chi connectivity index (χ0) is 24.2. The van der Waals surface area contributed by atoms with Crippen molar-refractivity contribution in [1.29, 1.82) is 0 Å². The number of para-hydroxylation sites is 1. The molecule has 0 unspecified atom stereocenters. The Morgan fingerprint density at radius 1 is 0.912 bits per heavy atom. The van der Waals surface area contributed by atoms with E-state index in [-0.39, 0.29) is 11.8 Å². The maximum absolute atomic E-state index is 13.5. The molecule has 34 heavy (non-hydrogen) atoms. The van der Waals surface area contributed by atoms with E-state index in [0.29, 0.717) is 39.0 Å². The van der Waals surface area contributed by atoms with Crippen LogP contribution >= 0.6 is 0 Å². The Morgan fingerprint density at radius 3 is 2.26 bits per heavy atom. The quantitative estimate of drug-likeness (QED) is 0.392. The molecule has 5 nitrogen and oxygen atoms in total. The van der Waals surface area contributed by atoms with E-state index >= 15 is 0 Å². The molecule has 0 fully saturated rings. The Labute approximate surface area is 202 Å². The van der Waals surface area contributed by atoms with Crippen molar-refractivity contribution >= 4 is 11.8 Å². The number of likely N-dealkylation sites (N-methyl/N-ethyl adjacent to an activating group) is 1. The third kappa shape index (κ3) is 7.77. The van der Waals surface area contributed by atoms with Crippen molar-refractivity contribution in [1.82, 2.24) is 10.2 Å². The Morgan fingerprint density at radius 2 is 1.59 bits per heavy atom. The van der Waals surface area contributed by atoms with Gasteiger partial charge in [-0.3, -0.25) is 9.59 Å². The summed E-state index contributed by atoms with van der Waals surface area (Å²) in [7, 11) is 0. The number of carbonyl (C=O) groups excluding carboxylic acids is 2. The van der Waals surface area contributed by atoms with Crippen molar-refractivity contribution in [2.24, 2.45) is 0 Å². The number of rotatable bonds is 12. The van der Waals surface area contributed by atoms with Gasteiger partial charge in [0.2, 0.25) is 11.8 Å². The van der Waals surface area contributed by atoms with Gasteiger partial charge in [0.1, 0.15) is 11.8 Å². The molecule has 3 rings (SSSR count). The zero-order valence-corrected chi connectivity index (χ0v) is 20.1. The van der Waals surface area contributed by atoms with E-state index in [0.717, 1.165) is 22.4 Å². The van der Waals surface area contributed by atoms with Gasteiger partial charge in [-0.1, -0.05) is 78.4 Å². The number of ether oxygens (including phenoxy) is 1. The van der Waals surface area contributed by atoms with Crippen molar-refractivity contribution in [3.05, 3.63) is 102 Å². The van der Waals surface area contributed by atoms with Crippen LogP contribution < -0.4 is 10.1 Å². The number of hydrogen-bond donors (Lipinski definition) is 1. The van der Waals surface area contributed by atoms with E-state index in [4.69, 9.17) is 4.74 Å². The molecule has 178 valence electrons. The monoisotopic (exact) mass is 458 g/mol. The summed E-state index contributed by atoms with van der Waals surface area (Å²) in [6, 6.07) is 26.9. The van der Waals surface area contributed by atoms with Gasteiger partial charge in [0.15, 0.2) is 0 Å². The summed E-state index contributed by atoms with van der Waals surface area (Å²) in [5.41, 5.74) is 3.16. The average Bonchev–Trinajstić information content (AvgIpc) is 2.85. The van der Waals surface area contributed by atoms with E-state index in [2.05, 4.69) is 11.4 Å². The Hall–Kier alpha value is -3.60. The van der Waals surface area contributed by atoms with Gasteiger partial charge in [-0.2, -0.15) is 0 Å². The van der Waals surface area contributed by atoms with Gasteiger partial charge >= 0.3 is 0 Å². The maximum atomic E-state index is 13.5. The van der Waals surface area contributed by atoms with Crippen LogP contribution in [0.4, 0.5) is 0 Å². The number of nitrogens with zero attached hydrogens (tertiary/aromatic N) is 1. The highest BCUT2D eigenvalue weighted by Gasteiger charge is 2.29. The molecule has 3 aromatic rings. The molecule has 0 aliphatic carbocycles. The summed E-state index contributed by atoms with van der Waals surface area (Å²) in [4.78, 5) is 28.3. The van der Waals surface area contributed by atoms with Gasteiger partial charge in [-0.15, -0.1) is 0 Å². The van der Waals surface area contributed by atoms with Crippen LogP contribution in [0.3, 0.4) is 0 Å². The van der Waals surface area contributed by atoms with Gasteiger partial charge < -0.3 is 15.0 Å². The van der Waals surface area contributed by atoms with Crippen LogP contribution in [0.5, 0.6) is 5.75 Å². The first-order chi connectivity index (χ1) is 16.6. The minimum Gasteiger partial charge on any atom is -0.494 e. The molecule has 0 saturated carbocycles. The topological polar surface area (TPSA) is 58.6 Å². The van der Waals surface area contributed by atoms with Gasteiger partial charge in [0.05, 0.1) is 6.61 Å². The second kappa shape index (κ2) is 13.2. The summed E-state index contributed by atoms with van der Waals surface area (Å²) in [5, 5.41) is 2.93. The first kappa shape index (κ1) is 25.0. The molecular formula is C29H34N2O3. The van der Waals surface area contributed by atoms with Crippen LogP contribution in [0.1, 0.15) is 36.5 Å². The minimum atomic E-state index is -0.592. The van der Waals surface area contributed by atoms with Crippen LogP contribution in [-0.4, -0.2) is 35.9 Å². The number of carbonyl (C=O) groups is 2.